The molecular formula is C4H5ClO2. The van der Waals surface area contributed by atoms with Gasteiger partial charge in [0, 0.05) is 0 Å². The van der Waals surface area contributed by atoms with Crippen molar-refractivity contribution in [3.05, 3.63) is 12.3 Å². The monoisotopic (exact) mass is 120 g/mol. The number of hydrogen-bond donors (Lipinski definition) is 0. The lowest BCUT2D eigenvalue weighted by molar-refractivity contribution is -0.111. The Balaban J connectivity index is 3.58. The van der Waals surface area contributed by atoms with Gasteiger partial charge in [-0.3, -0.25) is 4.79 Å². The molecule has 0 fully saturated rings. The highest BCUT2D eigenvalue weighted by molar-refractivity contribution is 6.67. The third-order valence-corrected chi connectivity index (χ3v) is 0.676. The van der Waals surface area contributed by atoms with Gasteiger partial charge in [0.1, 0.15) is 0 Å². The molecule has 0 saturated heterocycles. The van der Waals surface area contributed by atoms with Crippen LogP contribution < -0.4 is 0 Å². The van der Waals surface area contributed by atoms with Crippen LogP contribution in [0.4, 0.5) is 0 Å². The molecule has 2 nitrogen and oxygen atoms in total. The molecule has 0 aromatic heterocycles. The second-order valence-electron chi connectivity index (χ2n) is 0.901. The van der Waals surface area contributed by atoms with Crippen LogP contribution in [0, 0.1) is 0 Å². The summed E-state index contributed by atoms with van der Waals surface area (Å²) < 4.78 is 4.34. The van der Waals surface area contributed by atoms with E-state index in [1.54, 1.807) is 0 Å². The lowest BCUT2D eigenvalue weighted by atomic mass is 10.6. The van der Waals surface area contributed by atoms with E-state index in [0.717, 1.165) is 0 Å². The van der Waals surface area contributed by atoms with Gasteiger partial charge in [-0.1, -0.05) is 6.58 Å². The van der Waals surface area contributed by atoms with Gasteiger partial charge in [0.25, 0.3) is 5.24 Å². The number of ether oxygens (including phenoxy) is 1. The fourth-order valence-corrected chi connectivity index (χ4v) is 0.157. The normalized spacial score (nSPS) is 7.71. The molecule has 0 unspecified atom stereocenters. The minimum atomic E-state index is -0.650. The van der Waals surface area contributed by atoms with Gasteiger partial charge >= 0.3 is 0 Å². The Kier molecular flexibility index (Phi) is 2.45. The minimum Gasteiger partial charge on any atom is -0.492 e. The number of carbonyl (C=O) groups is 1. The van der Waals surface area contributed by atoms with E-state index in [4.69, 9.17) is 11.6 Å². The Morgan fingerprint density at radius 1 is 1.86 bits per heavy atom. The van der Waals surface area contributed by atoms with Crippen LogP contribution in [-0.2, 0) is 9.53 Å². The lowest BCUT2D eigenvalue weighted by Gasteiger charge is -1.91. The molecule has 0 bridgehead atoms. The number of allylic oxidation sites excluding steroid dienone is 1. The first-order valence-electron chi connectivity index (χ1n) is 1.61. The zero-order valence-electron chi connectivity index (χ0n) is 3.90. The number of carbonyl (C=O) groups excluding carboxylic acids is 1. The molecule has 0 radical (unpaired) electrons. The van der Waals surface area contributed by atoms with Crippen LogP contribution in [0.1, 0.15) is 0 Å². The van der Waals surface area contributed by atoms with Crippen molar-refractivity contribution in [1.29, 1.82) is 0 Å². The molecule has 0 aromatic rings. The van der Waals surface area contributed by atoms with Gasteiger partial charge in [-0.25, -0.2) is 0 Å². The van der Waals surface area contributed by atoms with E-state index >= 15 is 0 Å². The summed E-state index contributed by atoms with van der Waals surface area (Å²) >= 11 is 4.86. The van der Waals surface area contributed by atoms with Crippen molar-refractivity contribution in [2.45, 2.75) is 0 Å². The Morgan fingerprint density at radius 3 is 2.29 bits per heavy atom. The third-order valence-electron chi connectivity index (χ3n) is 0.466. The molecule has 0 heterocycles. The predicted molar refractivity (Wildman–Crippen MR) is 27.0 cm³/mol. The molecule has 0 aliphatic rings. The summed E-state index contributed by atoms with van der Waals surface area (Å²) in [6.07, 6.45) is 0. The molecule has 0 spiro atoms. The molecule has 40 valence electrons. The summed E-state index contributed by atoms with van der Waals surface area (Å²) in [4.78, 5) is 9.92. The van der Waals surface area contributed by atoms with Gasteiger partial charge in [0.15, 0.2) is 5.76 Å². The summed E-state index contributed by atoms with van der Waals surface area (Å²) in [5.41, 5.74) is 0. The fourth-order valence-electron chi connectivity index (χ4n) is 0.0802. The minimum absolute atomic E-state index is 0.0262. The van der Waals surface area contributed by atoms with Crippen LogP contribution in [0.25, 0.3) is 0 Å². The zero-order chi connectivity index (χ0) is 5.86. The maximum Gasteiger partial charge on any atom is 0.286 e. The highest BCUT2D eigenvalue weighted by Gasteiger charge is 1.97. The maximum absolute atomic E-state index is 9.92. The first kappa shape index (κ1) is 6.50. The number of halogens is 1. The molecule has 0 atom stereocenters. The summed E-state index contributed by atoms with van der Waals surface area (Å²) in [6.45, 7) is 3.17. The van der Waals surface area contributed by atoms with Gasteiger partial charge < -0.3 is 4.74 Å². The smallest absolute Gasteiger partial charge is 0.286 e. The SMILES string of the molecule is C=C(OC)C(=O)Cl. The standard InChI is InChI=1S/C4H5ClO2/c1-3(7-2)4(5)6/h1H2,2H3. The first-order chi connectivity index (χ1) is 3.18. The number of rotatable bonds is 2. The van der Waals surface area contributed by atoms with Crippen molar-refractivity contribution in [3.8, 4) is 0 Å². The molecule has 3 heteroatoms. The highest BCUT2D eigenvalue weighted by atomic mass is 35.5. The molecule has 7 heavy (non-hydrogen) atoms. The van der Waals surface area contributed by atoms with E-state index in [9.17, 15) is 4.79 Å². The summed E-state index contributed by atoms with van der Waals surface area (Å²) in [5.74, 6) is -0.0262. The Hall–Kier alpha value is -0.500. The van der Waals surface area contributed by atoms with Crippen molar-refractivity contribution in [3.63, 3.8) is 0 Å². The zero-order valence-corrected chi connectivity index (χ0v) is 4.66. The summed E-state index contributed by atoms with van der Waals surface area (Å²) in [6, 6.07) is 0. The molecule has 0 aliphatic heterocycles. The maximum atomic E-state index is 9.92. The van der Waals surface area contributed by atoms with Crippen LogP contribution in [0.3, 0.4) is 0 Å². The second-order valence-corrected chi connectivity index (χ2v) is 1.24. The average Bonchev–Trinajstić information content (AvgIpc) is 1.65. The molecule has 0 amide bonds. The van der Waals surface area contributed by atoms with Crippen molar-refractivity contribution in [2.24, 2.45) is 0 Å². The van der Waals surface area contributed by atoms with E-state index in [-0.39, 0.29) is 5.76 Å². The van der Waals surface area contributed by atoms with Crippen LogP contribution >= 0.6 is 11.6 Å². The van der Waals surface area contributed by atoms with Crippen LogP contribution in [0.15, 0.2) is 12.3 Å². The topological polar surface area (TPSA) is 26.3 Å². The van der Waals surface area contributed by atoms with Crippen LogP contribution in [0.5, 0.6) is 0 Å². The summed E-state index contributed by atoms with van der Waals surface area (Å²) in [7, 11) is 1.34. The lowest BCUT2D eigenvalue weighted by Crippen LogP contribution is -1.91. The quantitative estimate of drug-likeness (QED) is 0.308. The van der Waals surface area contributed by atoms with E-state index in [2.05, 4.69) is 11.3 Å². The Labute approximate surface area is 46.7 Å². The van der Waals surface area contributed by atoms with Crippen LogP contribution in [-0.4, -0.2) is 12.4 Å². The average molecular weight is 121 g/mol. The van der Waals surface area contributed by atoms with Crippen molar-refractivity contribution < 1.29 is 9.53 Å². The van der Waals surface area contributed by atoms with E-state index in [0.29, 0.717) is 0 Å². The second kappa shape index (κ2) is 2.64. The van der Waals surface area contributed by atoms with Gasteiger partial charge in [-0.2, -0.15) is 0 Å². The van der Waals surface area contributed by atoms with E-state index < -0.39 is 5.24 Å². The molecule has 0 aliphatic carbocycles. The Morgan fingerprint density at radius 2 is 2.29 bits per heavy atom. The van der Waals surface area contributed by atoms with Crippen molar-refractivity contribution in [1.82, 2.24) is 0 Å². The molecule has 0 aromatic carbocycles. The van der Waals surface area contributed by atoms with Gasteiger partial charge in [0.05, 0.1) is 7.11 Å². The van der Waals surface area contributed by atoms with Gasteiger partial charge in [-0.05, 0) is 11.6 Å². The Bertz CT molecular complexity index is 97.9. The largest absolute Gasteiger partial charge is 0.492 e. The molecule has 0 saturated carbocycles. The summed E-state index contributed by atoms with van der Waals surface area (Å²) in [5, 5.41) is -0.650. The molecular weight excluding hydrogens is 115 g/mol. The first-order valence-corrected chi connectivity index (χ1v) is 1.99. The fraction of sp³-hybridized carbons (Fsp3) is 0.250. The van der Waals surface area contributed by atoms with E-state index in [1.165, 1.54) is 7.11 Å². The highest BCUT2D eigenvalue weighted by Crippen LogP contribution is 1.94. The van der Waals surface area contributed by atoms with Crippen molar-refractivity contribution >= 4 is 16.8 Å². The number of methoxy groups -OCH3 is 1. The van der Waals surface area contributed by atoms with Gasteiger partial charge in [-0.15, -0.1) is 0 Å². The van der Waals surface area contributed by atoms with Gasteiger partial charge in [0.2, 0.25) is 0 Å². The predicted octanol–water partition coefficient (Wildman–Crippen LogP) is 0.912. The number of hydrogen-bond acceptors (Lipinski definition) is 2. The van der Waals surface area contributed by atoms with E-state index in [1.807, 2.05) is 0 Å². The third kappa shape index (κ3) is 2.23. The molecule has 0 N–H and O–H groups in total. The molecule has 0 rings (SSSR count). The van der Waals surface area contributed by atoms with Crippen LogP contribution in [0.2, 0.25) is 0 Å². The van der Waals surface area contributed by atoms with Crippen molar-refractivity contribution in [2.75, 3.05) is 7.11 Å².